The van der Waals surface area contributed by atoms with Crippen LogP contribution in [0.15, 0.2) is 0 Å². The van der Waals surface area contributed by atoms with E-state index in [4.69, 9.17) is 18.9 Å². The summed E-state index contributed by atoms with van der Waals surface area (Å²) in [5, 5.41) is 0. The van der Waals surface area contributed by atoms with Crippen molar-refractivity contribution in [2.24, 2.45) is 58.2 Å². The van der Waals surface area contributed by atoms with Crippen molar-refractivity contribution >= 4 is 45.6 Å². The van der Waals surface area contributed by atoms with Crippen LogP contribution in [-0.2, 0) is 42.9 Å². The Morgan fingerprint density at radius 2 is 1.36 bits per heavy atom. The molecule has 266 valence electrons. The van der Waals surface area contributed by atoms with Crippen LogP contribution in [0.2, 0.25) is 0 Å². The van der Waals surface area contributed by atoms with E-state index in [1.807, 2.05) is 0 Å². The number of Topliss-reactive ketones (excluding diaryl/α,β-unsaturated/α-hetero) is 1. The van der Waals surface area contributed by atoms with Crippen LogP contribution < -0.4 is 0 Å². The molecule has 0 aromatic rings. The molecule has 4 aliphatic carbocycles. The first kappa shape index (κ1) is 37.8. The van der Waals surface area contributed by atoms with Crippen molar-refractivity contribution in [1.82, 2.24) is 0 Å². The average Bonchev–Trinajstić information content (AvgIpc) is 3.31. The van der Waals surface area contributed by atoms with Gasteiger partial charge in [-0.1, -0.05) is 57.5 Å². The summed E-state index contributed by atoms with van der Waals surface area (Å²) in [6.07, 6.45) is 2.93. The van der Waals surface area contributed by atoms with Crippen molar-refractivity contribution in [2.45, 2.75) is 143 Å². The lowest BCUT2D eigenvalue weighted by Gasteiger charge is -2.62. The van der Waals surface area contributed by atoms with Gasteiger partial charge in [-0.05, 0) is 85.4 Å². The second-order valence-corrected chi connectivity index (χ2v) is 16.9. The molecule has 9 nitrogen and oxygen atoms in total. The lowest BCUT2D eigenvalue weighted by Crippen LogP contribution is -2.64. The van der Waals surface area contributed by atoms with Crippen LogP contribution in [0.3, 0.4) is 0 Å². The standard InChI is InChI=1S/C37H57BrO9/c1-11-24(18(2)3)35(47-23(8)42)34(46-22(7)41)19(4)25-12-13-26-31-27(14-15-36(25,26)9)37(10)17-30(45-21(6)40)29(44-20(5)39)16-28(37)33(43)32(31)38/h18-19,24-32,34-35H,11-17H2,1-10H3/t19-,24-,25+,26-,27-,28+,29-,30+,31-,32?,34-,35-,36+,37+/m0/s1. The van der Waals surface area contributed by atoms with Crippen molar-refractivity contribution in [2.75, 3.05) is 0 Å². The smallest absolute Gasteiger partial charge is 0.303 e. The van der Waals surface area contributed by atoms with Crippen molar-refractivity contribution in [3.8, 4) is 0 Å². The molecule has 0 aliphatic heterocycles. The molecule has 0 amide bonds. The first-order valence-electron chi connectivity index (χ1n) is 17.7. The maximum absolute atomic E-state index is 14.3. The summed E-state index contributed by atoms with van der Waals surface area (Å²) in [5.74, 6) is -0.913. The minimum atomic E-state index is -0.651. The number of ether oxygens (including phenoxy) is 4. The molecule has 4 fully saturated rings. The molecule has 47 heavy (non-hydrogen) atoms. The van der Waals surface area contributed by atoms with Gasteiger partial charge in [-0.15, -0.1) is 0 Å². The van der Waals surface area contributed by atoms with E-state index in [1.165, 1.54) is 27.7 Å². The normalized spacial score (nSPS) is 38.9. The lowest BCUT2D eigenvalue weighted by atomic mass is 9.43. The zero-order chi connectivity index (χ0) is 35.2. The molecule has 0 spiro atoms. The van der Waals surface area contributed by atoms with Crippen LogP contribution in [-0.4, -0.2) is 58.9 Å². The molecule has 4 aliphatic rings. The fourth-order valence-corrected chi connectivity index (χ4v) is 12.2. The third-order valence-corrected chi connectivity index (χ3v) is 14.1. The highest BCUT2D eigenvalue weighted by Gasteiger charge is 2.67. The van der Waals surface area contributed by atoms with Gasteiger partial charge < -0.3 is 18.9 Å². The topological polar surface area (TPSA) is 122 Å². The van der Waals surface area contributed by atoms with Crippen LogP contribution >= 0.6 is 15.9 Å². The number of carbonyl (C=O) groups is 5. The minimum Gasteiger partial charge on any atom is -0.459 e. The minimum absolute atomic E-state index is 0.0264. The Hall–Kier alpha value is -1.97. The Morgan fingerprint density at radius 3 is 1.89 bits per heavy atom. The number of rotatable bonds is 10. The predicted octanol–water partition coefficient (Wildman–Crippen LogP) is 6.85. The molecule has 0 N–H and O–H groups in total. The van der Waals surface area contributed by atoms with Crippen LogP contribution in [0.5, 0.6) is 0 Å². The van der Waals surface area contributed by atoms with Gasteiger partial charge in [0.05, 0.1) is 4.83 Å². The van der Waals surface area contributed by atoms with Gasteiger partial charge in [0.25, 0.3) is 0 Å². The molecule has 4 saturated carbocycles. The number of carbonyl (C=O) groups excluding carboxylic acids is 5. The first-order valence-corrected chi connectivity index (χ1v) is 18.6. The van der Waals surface area contributed by atoms with Gasteiger partial charge in [-0.25, -0.2) is 0 Å². The van der Waals surface area contributed by atoms with Gasteiger partial charge in [0.2, 0.25) is 0 Å². The number of esters is 4. The molecule has 0 radical (unpaired) electrons. The molecular formula is C37H57BrO9. The molecule has 0 bridgehead atoms. The molecule has 0 aromatic heterocycles. The van der Waals surface area contributed by atoms with Crippen LogP contribution in [0.1, 0.15) is 114 Å². The largest absolute Gasteiger partial charge is 0.459 e. The molecule has 0 heterocycles. The fourth-order valence-electron chi connectivity index (χ4n) is 11.1. The van der Waals surface area contributed by atoms with Crippen LogP contribution in [0.25, 0.3) is 0 Å². The van der Waals surface area contributed by atoms with Crippen molar-refractivity contribution < 1.29 is 42.9 Å². The van der Waals surface area contributed by atoms with E-state index in [9.17, 15) is 24.0 Å². The number of hydrogen-bond acceptors (Lipinski definition) is 9. The predicted molar refractivity (Wildman–Crippen MR) is 179 cm³/mol. The zero-order valence-corrected chi connectivity index (χ0v) is 31.6. The number of fused-ring (bicyclic) bond motifs is 5. The van der Waals surface area contributed by atoms with E-state index in [2.05, 4.69) is 57.5 Å². The Bertz CT molecular complexity index is 1220. The first-order chi connectivity index (χ1) is 21.9. The molecule has 10 heteroatoms. The molecule has 4 rings (SSSR count). The highest BCUT2D eigenvalue weighted by atomic mass is 79.9. The van der Waals surface area contributed by atoms with Crippen molar-refractivity contribution in [3.63, 3.8) is 0 Å². The molecule has 1 unspecified atom stereocenters. The van der Waals surface area contributed by atoms with E-state index < -0.39 is 41.8 Å². The van der Waals surface area contributed by atoms with Gasteiger partial charge >= 0.3 is 23.9 Å². The van der Waals surface area contributed by atoms with Gasteiger partial charge in [0.15, 0.2) is 5.78 Å². The Kier molecular flexibility index (Phi) is 11.7. The highest BCUT2D eigenvalue weighted by molar-refractivity contribution is 9.10. The Morgan fingerprint density at radius 1 is 0.809 bits per heavy atom. The van der Waals surface area contributed by atoms with Crippen LogP contribution in [0, 0.1) is 58.2 Å². The summed E-state index contributed by atoms with van der Waals surface area (Å²) >= 11 is 3.91. The summed E-state index contributed by atoms with van der Waals surface area (Å²) in [4.78, 5) is 63.0. The lowest BCUT2D eigenvalue weighted by molar-refractivity contribution is -0.196. The van der Waals surface area contributed by atoms with E-state index in [-0.39, 0.29) is 75.3 Å². The average molecular weight is 726 g/mol. The zero-order valence-electron chi connectivity index (χ0n) is 30.0. The summed E-state index contributed by atoms with van der Waals surface area (Å²) in [7, 11) is 0. The summed E-state index contributed by atoms with van der Waals surface area (Å²) in [6, 6.07) is 0. The Labute approximate surface area is 289 Å². The summed E-state index contributed by atoms with van der Waals surface area (Å²) in [6.45, 7) is 18.5. The van der Waals surface area contributed by atoms with Crippen molar-refractivity contribution in [3.05, 3.63) is 0 Å². The molecule has 0 saturated heterocycles. The van der Waals surface area contributed by atoms with E-state index in [0.717, 1.165) is 32.1 Å². The SMILES string of the molecule is CC[C@@H](C(C)C)[C@H](OC(C)=O)[C@@H](OC(C)=O)[C@@H](C)[C@H]1CC[C@H]2[C@@H]3C(Br)C(=O)[C@H]4C[C@H](OC(C)=O)[C@H](OC(C)=O)C[C@]4(C)[C@H]3CC[C@]12C. The molecule has 14 atom stereocenters. The van der Waals surface area contributed by atoms with E-state index in [0.29, 0.717) is 12.8 Å². The maximum Gasteiger partial charge on any atom is 0.303 e. The second-order valence-electron chi connectivity index (χ2n) is 15.9. The van der Waals surface area contributed by atoms with Gasteiger partial charge in [-0.2, -0.15) is 0 Å². The fraction of sp³-hybridized carbons (Fsp3) is 0.865. The molecule has 0 aromatic carbocycles. The number of ketones is 1. The summed E-state index contributed by atoms with van der Waals surface area (Å²) < 4.78 is 23.5. The van der Waals surface area contributed by atoms with Gasteiger partial charge in [0, 0.05) is 45.4 Å². The number of hydrogen-bond donors (Lipinski definition) is 0. The number of halogens is 1. The monoisotopic (exact) mass is 724 g/mol. The van der Waals surface area contributed by atoms with Crippen molar-refractivity contribution in [1.29, 1.82) is 0 Å². The van der Waals surface area contributed by atoms with Gasteiger partial charge in [0.1, 0.15) is 24.4 Å². The molecular weight excluding hydrogens is 668 g/mol. The number of alkyl halides is 1. The third kappa shape index (κ3) is 7.19. The maximum atomic E-state index is 14.3. The quantitative estimate of drug-likeness (QED) is 0.135. The Balaban J connectivity index is 1.68. The van der Waals surface area contributed by atoms with Crippen LogP contribution in [0.4, 0.5) is 0 Å². The van der Waals surface area contributed by atoms with E-state index >= 15 is 0 Å². The van der Waals surface area contributed by atoms with Gasteiger partial charge in [-0.3, -0.25) is 24.0 Å². The highest BCUT2D eigenvalue weighted by Crippen LogP contribution is 2.69. The third-order valence-electron chi connectivity index (χ3n) is 13.0. The second kappa shape index (κ2) is 14.5. The summed E-state index contributed by atoms with van der Waals surface area (Å²) in [5.41, 5.74) is -0.543. The van der Waals surface area contributed by atoms with E-state index in [1.54, 1.807) is 0 Å².